The van der Waals surface area contributed by atoms with Crippen molar-refractivity contribution >= 4 is 5.91 Å². The summed E-state index contributed by atoms with van der Waals surface area (Å²) in [5.41, 5.74) is -1.55. The highest BCUT2D eigenvalue weighted by Gasteiger charge is 2.39. The third-order valence-corrected chi connectivity index (χ3v) is 3.39. The van der Waals surface area contributed by atoms with Gasteiger partial charge in [0.1, 0.15) is 17.2 Å². The number of carbonyl (C=O) groups is 1. The average Bonchev–Trinajstić information content (AvgIpc) is 2.70. The van der Waals surface area contributed by atoms with E-state index >= 15 is 0 Å². The van der Waals surface area contributed by atoms with E-state index in [1.54, 1.807) is 6.92 Å². The molecule has 2 N–H and O–H groups in total. The first-order chi connectivity index (χ1) is 8.92. The molecule has 0 bridgehead atoms. The molecule has 1 amide bonds. The highest BCUT2D eigenvalue weighted by atomic mass is 19.1. The molecule has 0 radical (unpaired) electrons. The normalized spacial score (nSPS) is 26.4. The van der Waals surface area contributed by atoms with Crippen molar-refractivity contribution in [3.8, 4) is 0 Å². The highest BCUT2D eigenvalue weighted by molar-refractivity contribution is 5.94. The smallest absolute Gasteiger partial charge is 0.254 e. The van der Waals surface area contributed by atoms with Crippen molar-refractivity contribution in [1.82, 2.24) is 5.32 Å². The minimum atomic E-state index is -1.17. The summed E-state index contributed by atoms with van der Waals surface area (Å²) in [7, 11) is 0. The van der Waals surface area contributed by atoms with Gasteiger partial charge in [0, 0.05) is 19.6 Å². The van der Waals surface area contributed by atoms with Gasteiger partial charge in [-0.2, -0.15) is 0 Å². The number of benzene rings is 1. The Labute approximate surface area is 109 Å². The standard InChI is InChI=1S/C13H15F2NO3/c1-8-13(18,4-5-19-8)7-16-12(17)10-6-9(14)2-3-11(10)15/h2-3,6,8,18H,4-5,7H2,1H3,(H,16,17). The van der Waals surface area contributed by atoms with Crippen molar-refractivity contribution in [3.05, 3.63) is 35.4 Å². The van der Waals surface area contributed by atoms with E-state index in [-0.39, 0.29) is 12.1 Å². The number of rotatable bonds is 3. The molecule has 1 aromatic rings. The Balaban J connectivity index is 2.03. The zero-order valence-electron chi connectivity index (χ0n) is 10.5. The lowest BCUT2D eigenvalue weighted by Crippen LogP contribution is -2.47. The largest absolute Gasteiger partial charge is 0.385 e. The van der Waals surface area contributed by atoms with Crippen molar-refractivity contribution in [2.45, 2.75) is 25.0 Å². The van der Waals surface area contributed by atoms with Crippen LogP contribution in [0.15, 0.2) is 18.2 Å². The maximum atomic E-state index is 13.4. The summed E-state index contributed by atoms with van der Waals surface area (Å²) in [5, 5.41) is 12.6. The number of aliphatic hydroxyl groups is 1. The van der Waals surface area contributed by atoms with E-state index in [0.717, 1.165) is 18.2 Å². The van der Waals surface area contributed by atoms with E-state index in [9.17, 15) is 18.7 Å². The minimum absolute atomic E-state index is 0.0665. The summed E-state index contributed by atoms with van der Waals surface area (Å²) in [4.78, 5) is 11.8. The third kappa shape index (κ3) is 2.90. The molecule has 1 fully saturated rings. The summed E-state index contributed by atoms with van der Waals surface area (Å²) >= 11 is 0. The molecule has 19 heavy (non-hydrogen) atoms. The number of halogens is 2. The molecule has 1 heterocycles. The van der Waals surface area contributed by atoms with Crippen LogP contribution in [0.4, 0.5) is 8.78 Å². The highest BCUT2D eigenvalue weighted by Crippen LogP contribution is 2.24. The number of amides is 1. The zero-order chi connectivity index (χ0) is 14.0. The number of carbonyl (C=O) groups excluding carboxylic acids is 1. The van der Waals surface area contributed by atoms with E-state index in [1.807, 2.05) is 0 Å². The number of ether oxygens (including phenoxy) is 1. The van der Waals surface area contributed by atoms with E-state index in [1.165, 1.54) is 0 Å². The SMILES string of the molecule is CC1OCCC1(O)CNC(=O)c1cc(F)ccc1F. The van der Waals surface area contributed by atoms with Gasteiger partial charge in [0.05, 0.1) is 11.7 Å². The third-order valence-electron chi connectivity index (χ3n) is 3.39. The fourth-order valence-electron chi connectivity index (χ4n) is 2.00. The Kier molecular flexibility index (Phi) is 3.82. The van der Waals surface area contributed by atoms with Crippen LogP contribution in [0.1, 0.15) is 23.7 Å². The topological polar surface area (TPSA) is 58.6 Å². The first-order valence-corrected chi connectivity index (χ1v) is 5.99. The van der Waals surface area contributed by atoms with Crippen LogP contribution in [0.3, 0.4) is 0 Å². The molecule has 1 aliphatic heterocycles. The molecule has 0 spiro atoms. The lowest BCUT2D eigenvalue weighted by atomic mass is 9.96. The van der Waals surface area contributed by atoms with Crippen molar-refractivity contribution in [2.75, 3.05) is 13.2 Å². The van der Waals surface area contributed by atoms with Gasteiger partial charge in [-0.05, 0) is 25.1 Å². The average molecular weight is 271 g/mol. The molecular formula is C13H15F2NO3. The van der Waals surface area contributed by atoms with Crippen molar-refractivity contribution in [1.29, 1.82) is 0 Å². The Bertz CT molecular complexity index is 495. The molecule has 0 aromatic heterocycles. The molecule has 1 saturated heterocycles. The second-order valence-corrected chi connectivity index (χ2v) is 4.67. The molecule has 2 unspecified atom stereocenters. The maximum Gasteiger partial charge on any atom is 0.254 e. The first kappa shape index (κ1) is 13.9. The van der Waals surface area contributed by atoms with E-state index < -0.39 is 29.2 Å². The van der Waals surface area contributed by atoms with Crippen LogP contribution in [-0.4, -0.2) is 35.9 Å². The second-order valence-electron chi connectivity index (χ2n) is 4.67. The minimum Gasteiger partial charge on any atom is -0.385 e. The van der Waals surface area contributed by atoms with Crippen molar-refractivity contribution in [3.63, 3.8) is 0 Å². The maximum absolute atomic E-state index is 13.4. The lowest BCUT2D eigenvalue weighted by molar-refractivity contribution is -0.0251. The monoisotopic (exact) mass is 271 g/mol. The van der Waals surface area contributed by atoms with Crippen LogP contribution in [-0.2, 0) is 4.74 Å². The Morgan fingerprint density at radius 3 is 2.95 bits per heavy atom. The van der Waals surface area contributed by atoms with Crippen LogP contribution in [0.5, 0.6) is 0 Å². The van der Waals surface area contributed by atoms with Crippen molar-refractivity contribution < 1.29 is 23.4 Å². The van der Waals surface area contributed by atoms with Gasteiger partial charge in [0.15, 0.2) is 0 Å². The molecule has 0 aliphatic carbocycles. The fraction of sp³-hybridized carbons (Fsp3) is 0.462. The number of nitrogens with one attached hydrogen (secondary N) is 1. The zero-order valence-corrected chi connectivity index (χ0v) is 10.5. The molecule has 4 nitrogen and oxygen atoms in total. The Hall–Kier alpha value is -1.53. The molecule has 6 heteroatoms. The van der Waals surface area contributed by atoms with Crippen LogP contribution in [0, 0.1) is 11.6 Å². The van der Waals surface area contributed by atoms with Crippen LogP contribution < -0.4 is 5.32 Å². The van der Waals surface area contributed by atoms with Crippen molar-refractivity contribution in [2.24, 2.45) is 0 Å². The molecule has 2 atom stereocenters. The summed E-state index contributed by atoms with van der Waals surface area (Å²) < 4.78 is 31.6. The Morgan fingerprint density at radius 1 is 1.58 bits per heavy atom. The quantitative estimate of drug-likeness (QED) is 0.869. The van der Waals surface area contributed by atoms with Gasteiger partial charge in [0.25, 0.3) is 5.91 Å². The van der Waals surface area contributed by atoms with E-state index in [2.05, 4.69) is 5.32 Å². The van der Waals surface area contributed by atoms with Gasteiger partial charge >= 0.3 is 0 Å². The van der Waals surface area contributed by atoms with Gasteiger partial charge in [0.2, 0.25) is 0 Å². The van der Waals surface area contributed by atoms with E-state index in [4.69, 9.17) is 4.74 Å². The summed E-state index contributed by atoms with van der Waals surface area (Å²) in [5.74, 6) is -2.26. The van der Waals surface area contributed by atoms with Gasteiger partial charge < -0.3 is 15.2 Å². The summed E-state index contributed by atoms with van der Waals surface area (Å²) in [6.45, 7) is 2.03. The van der Waals surface area contributed by atoms with E-state index in [0.29, 0.717) is 13.0 Å². The Morgan fingerprint density at radius 2 is 2.32 bits per heavy atom. The van der Waals surface area contributed by atoms with Crippen LogP contribution in [0.2, 0.25) is 0 Å². The molecule has 2 rings (SSSR count). The first-order valence-electron chi connectivity index (χ1n) is 5.99. The second kappa shape index (κ2) is 5.22. The lowest BCUT2D eigenvalue weighted by Gasteiger charge is -2.26. The van der Waals surface area contributed by atoms with Gasteiger partial charge in [-0.15, -0.1) is 0 Å². The predicted molar refractivity (Wildman–Crippen MR) is 63.7 cm³/mol. The molecule has 104 valence electrons. The summed E-state index contributed by atoms with van der Waals surface area (Å²) in [6, 6.07) is 2.65. The molecule has 0 saturated carbocycles. The summed E-state index contributed by atoms with van der Waals surface area (Å²) in [6.07, 6.45) is -0.0229. The van der Waals surface area contributed by atoms with Gasteiger partial charge in [-0.1, -0.05) is 0 Å². The molecule has 1 aromatic carbocycles. The van der Waals surface area contributed by atoms with Gasteiger partial charge in [-0.25, -0.2) is 8.78 Å². The van der Waals surface area contributed by atoms with Gasteiger partial charge in [-0.3, -0.25) is 4.79 Å². The fourth-order valence-corrected chi connectivity index (χ4v) is 2.00. The van der Waals surface area contributed by atoms with Crippen LogP contribution >= 0.6 is 0 Å². The molecule has 1 aliphatic rings. The van der Waals surface area contributed by atoms with Crippen LogP contribution in [0.25, 0.3) is 0 Å². The molecular weight excluding hydrogens is 256 g/mol. The number of hydrogen-bond donors (Lipinski definition) is 2. The number of hydrogen-bond acceptors (Lipinski definition) is 3. The predicted octanol–water partition coefficient (Wildman–Crippen LogP) is 1.23.